The van der Waals surface area contributed by atoms with E-state index in [2.05, 4.69) is 50.1 Å². The molecule has 1 aromatic rings. The monoisotopic (exact) mass is 421 g/mol. The first kappa shape index (κ1) is 24.8. The van der Waals surface area contributed by atoms with Crippen molar-refractivity contribution >= 4 is 5.97 Å². The average molecular weight is 422 g/mol. The van der Waals surface area contributed by atoms with Crippen LogP contribution < -0.4 is 5.32 Å². The summed E-state index contributed by atoms with van der Waals surface area (Å²) in [5, 5.41) is 16.9. The van der Waals surface area contributed by atoms with Gasteiger partial charge < -0.3 is 14.9 Å². The molecule has 0 spiro atoms. The fraction of sp³-hybridized carbons (Fsp3) is 0.875. The highest BCUT2D eigenvalue weighted by Gasteiger charge is 2.41. The molecule has 6 heteroatoms. The van der Waals surface area contributed by atoms with Gasteiger partial charge in [-0.2, -0.15) is 4.98 Å². The summed E-state index contributed by atoms with van der Waals surface area (Å²) in [4.78, 5) is 16.0. The van der Waals surface area contributed by atoms with Gasteiger partial charge in [0.25, 0.3) is 0 Å². The minimum absolute atomic E-state index is 0.0458. The van der Waals surface area contributed by atoms with Crippen molar-refractivity contribution in [3.8, 4) is 0 Å². The zero-order valence-corrected chi connectivity index (χ0v) is 19.8. The minimum Gasteiger partial charge on any atom is -0.481 e. The molecule has 1 saturated carbocycles. The van der Waals surface area contributed by atoms with Crippen LogP contribution >= 0.6 is 0 Å². The van der Waals surface area contributed by atoms with Crippen molar-refractivity contribution in [2.75, 3.05) is 0 Å². The normalized spacial score (nSPS) is 17.9. The van der Waals surface area contributed by atoms with Crippen LogP contribution in [0.15, 0.2) is 4.52 Å². The highest BCUT2D eigenvalue weighted by Crippen LogP contribution is 2.53. The predicted octanol–water partition coefficient (Wildman–Crippen LogP) is 6.07. The van der Waals surface area contributed by atoms with Gasteiger partial charge in [0.2, 0.25) is 5.89 Å². The van der Waals surface area contributed by atoms with E-state index in [1.807, 2.05) is 0 Å². The first-order chi connectivity index (χ1) is 14.2. The first-order valence-electron chi connectivity index (χ1n) is 12.0. The van der Waals surface area contributed by atoms with E-state index in [1.165, 1.54) is 32.1 Å². The SMILES string of the molecule is CCC(CC)NCc1noc(C(CCCC2(C(C)(C)C)CCCCC2)CC(=O)O)n1. The molecular formula is C24H43N3O3. The highest BCUT2D eigenvalue weighted by molar-refractivity contribution is 5.67. The number of hydrogen-bond acceptors (Lipinski definition) is 5. The molecule has 0 radical (unpaired) electrons. The molecule has 1 aromatic heterocycles. The van der Waals surface area contributed by atoms with Gasteiger partial charge in [-0.25, -0.2) is 0 Å². The lowest BCUT2D eigenvalue weighted by molar-refractivity contribution is -0.137. The molecule has 1 aliphatic rings. The Bertz CT molecular complexity index is 640. The zero-order valence-electron chi connectivity index (χ0n) is 19.8. The fourth-order valence-electron chi connectivity index (χ4n) is 5.13. The molecule has 0 aliphatic heterocycles. The molecule has 1 unspecified atom stereocenters. The van der Waals surface area contributed by atoms with Crippen LogP contribution in [0.2, 0.25) is 0 Å². The molecule has 1 aliphatic carbocycles. The van der Waals surface area contributed by atoms with Crippen molar-refractivity contribution in [2.24, 2.45) is 10.8 Å². The van der Waals surface area contributed by atoms with E-state index in [0.29, 0.717) is 29.7 Å². The van der Waals surface area contributed by atoms with Crippen molar-refractivity contribution in [3.05, 3.63) is 11.7 Å². The Morgan fingerprint density at radius 3 is 2.43 bits per heavy atom. The van der Waals surface area contributed by atoms with Crippen molar-refractivity contribution in [1.29, 1.82) is 0 Å². The van der Waals surface area contributed by atoms with Crippen molar-refractivity contribution in [3.63, 3.8) is 0 Å². The van der Waals surface area contributed by atoms with E-state index >= 15 is 0 Å². The number of carbonyl (C=O) groups is 1. The molecule has 0 amide bonds. The average Bonchev–Trinajstić information content (AvgIpc) is 3.16. The van der Waals surface area contributed by atoms with Crippen molar-refractivity contribution in [2.45, 2.75) is 124 Å². The van der Waals surface area contributed by atoms with Crippen molar-refractivity contribution in [1.82, 2.24) is 15.5 Å². The Kier molecular flexibility index (Phi) is 9.32. The lowest BCUT2D eigenvalue weighted by atomic mass is 9.57. The summed E-state index contributed by atoms with van der Waals surface area (Å²) in [5.41, 5.74) is 0.631. The lowest BCUT2D eigenvalue weighted by Crippen LogP contribution is -2.37. The number of nitrogens with one attached hydrogen (secondary N) is 1. The summed E-state index contributed by atoms with van der Waals surface area (Å²) >= 11 is 0. The molecule has 1 atom stereocenters. The van der Waals surface area contributed by atoms with Gasteiger partial charge in [-0.1, -0.05) is 65.5 Å². The lowest BCUT2D eigenvalue weighted by Gasteiger charge is -2.48. The van der Waals surface area contributed by atoms with Crippen LogP contribution in [-0.2, 0) is 11.3 Å². The van der Waals surface area contributed by atoms with Crippen LogP contribution in [-0.4, -0.2) is 27.3 Å². The van der Waals surface area contributed by atoms with E-state index in [0.717, 1.165) is 32.1 Å². The van der Waals surface area contributed by atoms with E-state index < -0.39 is 5.97 Å². The molecule has 0 saturated heterocycles. The van der Waals surface area contributed by atoms with Gasteiger partial charge in [0.1, 0.15) is 0 Å². The predicted molar refractivity (Wildman–Crippen MR) is 119 cm³/mol. The van der Waals surface area contributed by atoms with E-state index in [4.69, 9.17) is 4.52 Å². The van der Waals surface area contributed by atoms with Crippen LogP contribution in [0.5, 0.6) is 0 Å². The second-order valence-corrected chi connectivity index (χ2v) is 10.2. The quantitative estimate of drug-likeness (QED) is 0.425. The topological polar surface area (TPSA) is 88.2 Å². The number of carboxylic acids is 1. The maximum absolute atomic E-state index is 11.5. The molecule has 2 N–H and O–H groups in total. The Morgan fingerprint density at radius 1 is 1.20 bits per heavy atom. The van der Waals surface area contributed by atoms with Gasteiger partial charge in [0.05, 0.1) is 13.0 Å². The molecule has 1 fully saturated rings. The summed E-state index contributed by atoms with van der Waals surface area (Å²) in [6.07, 6.45) is 11.6. The molecule has 172 valence electrons. The minimum atomic E-state index is -0.807. The Balaban J connectivity index is 2.00. The highest BCUT2D eigenvalue weighted by atomic mass is 16.5. The van der Waals surface area contributed by atoms with Crippen LogP contribution in [0.1, 0.15) is 123 Å². The summed E-state index contributed by atoms with van der Waals surface area (Å²) < 4.78 is 5.50. The fourth-order valence-corrected chi connectivity index (χ4v) is 5.13. The second kappa shape index (κ2) is 11.3. The molecule has 2 rings (SSSR count). The Labute approximate surface area is 182 Å². The smallest absolute Gasteiger partial charge is 0.304 e. The van der Waals surface area contributed by atoms with E-state index in [9.17, 15) is 9.90 Å². The molecule has 0 bridgehead atoms. The first-order valence-corrected chi connectivity index (χ1v) is 12.0. The van der Waals surface area contributed by atoms with Crippen LogP contribution in [0, 0.1) is 10.8 Å². The molecule has 30 heavy (non-hydrogen) atoms. The van der Waals surface area contributed by atoms with Gasteiger partial charge >= 0.3 is 5.97 Å². The van der Waals surface area contributed by atoms with Crippen LogP contribution in [0.4, 0.5) is 0 Å². The Morgan fingerprint density at radius 2 is 1.87 bits per heavy atom. The van der Waals surface area contributed by atoms with Gasteiger partial charge in [-0.15, -0.1) is 0 Å². The third kappa shape index (κ3) is 6.79. The van der Waals surface area contributed by atoms with Gasteiger partial charge in [-0.3, -0.25) is 4.79 Å². The summed E-state index contributed by atoms with van der Waals surface area (Å²) in [5.74, 6) is 0.0774. The van der Waals surface area contributed by atoms with E-state index in [1.54, 1.807) is 0 Å². The van der Waals surface area contributed by atoms with Gasteiger partial charge in [-0.05, 0) is 49.4 Å². The van der Waals surface area contributed by atoms with Crippen LogP contribution in [0.25, 0.3) is 0 Å². The zero-order chi connectivity index (χ0) is 22.2. The number of nitrogens with zero attached hydrogens (tertiary/aromatic N) is 2. The standard InChI is InChI=1S/C24H43N3O3/c1-6-19(7-2)25-17-20-26-22(30-27-20)18(16-21(28)29)12-11-15-24(23(3,4)5)13-9-8-10-14-24/h18-19,25H,6-17H2,1-5H3,(H,28,29). The molecule has 0 aromatic carbocycles. The molecule has 1 heterocycles. The largest absolute Gasteiger partial charge is 0.481 e. The maximum atomic E-state index is 11.5. The Hall–Kier alpha value is -1.43. The summed E-state index contributed by atoms with van der Waals surface area (Å²) in [6, 6.07) is 0.436. The van der Waals surface area contributed by atoms with Gasteiger partial charge in [0, 0.05) is 12.0 Å². The number of rotatable bonds is 12. The molecular weight excluding hydrogens is 378 g/mol. The number of hydrogen-bond donors (Lipinski definition) is 2. The number of aromatic nitrogens is 2. The van der Waals surface area contributed by atoms with Crippen LogP contribution in [0.3, 0.4) is 0 Å². The molecule has 6 nitrogen and oxygen atoms in total. The van der Waals surface area contributed by atoms with Gasteiger partial charge in [0.15, 0.2) is 5.82 Å². The third-order valence-electron chi connectivity index (χ3n) is 7.40. The van der Waals surface area contributed by atoms with E-state index in [-0.39, 0.29) is 17.8 Å². The number of aliphatic carboxylic acids is 1. The third-order valence-corrected chi connectivity index (χ3v) is 7.40. The summed E-state index contributed by atoms with van der Waals surface area (Å²) in [6.45, 7) is 12.0. The maximum Gasteiger partial charge on any atom is 0.304 e. The summed E-state index contributed by atoms with van der Waals surface area (Å²) in [7, 11) is 0. The van der Waals surface area contributed by atoms with Crippen molar-refractivity contribution < 1.29 is 14.4 Å². The second-order valence-electron chi connectivity index (χ2n) is 10.2. The number of carboxylic acid groups (broad SMARTS) is 1.